The minimum absolute atomic E-state index is 0.137. The average molecular weight is 620 g/mol. The van der Waals surface area contributed by atoms with Crippen LogP contribution in [0.4, 0.5) is 16.2 Å². The number of anilines is 2. The molecule has 1 aliphatic heterocycles. The number of H-pyrrole nitrogens is 1. The summed E-state index contributed by atoms with van der Waals surface area (Å²) in [6.45, 7) is 0.641. The second-order valence-electron chi connectivity index (χ2n) is 9.84. The molecule has 2 aromatic carbocycles. The fraction of sp³-hybridized carbons (Fsp3) is 0.276. The van der Waals surface area contributed by atoms with Crippen molar-refractivity contribution in [2.75, 3.05) is 31.4 Å². The highest BCUT2D eigenvalue weighted by Gasteiger charge is 2.26. The summed E-state index contributed by atoms with van der Waals surface area (Å²) in [6.07, 6.45) is 6.96. The summed E-state index contributed by atoms with van der Waals surface area (Å²) < 4.78 is 11.2. The standard InChI is InChI=1S/C29H30ClN9O5/c1-43-28(41)26-25-20-10-9-19(33-29(42)44-2)15-22(20)31-13-5-3-4-6-21(27(35-25)36-26)34-24(40)12-7-17-14-18(30)8-11-23(17)39-16-32-37-38-39/h7-12,14-16,21,31H,3-6,13H2,1-2H3,(H,33,42)(H,34,40)(H,35,36)/b12-7+. The molecule has 2 bridgehead atoms. The van der Waals surface area contributed by atoms with E-state index in [1.54, 1.807) is 42.5 Å². The number of methoxy groups -OCH3 is 2. The SMILES string of the molecule is COC(=O)Nc1ccc2c(c1)NCCCCCC(NC(=O)/C=C/c1cc(Cl)ccc1-n1cnnn1)c1nc-2c(C(=O)OC)[nH]1. The molecule has 4 aromatic rings. The van der Waals surface area contributed by atoms with E-state index in [1.165, 1.54) is 31.3 Å². The number of imidazole rings is 1. The van der Waals surface area contributed by atoms with Gasteiger partial charge in [0.2, 0.25) is 5.91 Å². The van der Waals surface area contributed by atoms with Gasteiger partial charge in [-0.05, 0) is 65.7 Å². The summed E-state index contributed by atoms with van der Waals surface area (Å²) >= 11 is 6.21. The predicted octanol–water partition coefficient (Wildman–Crippen LogP) is 4.53. The lowest BCUT2D eigenvalue weighted by Crippen LogP contribution is -2.28. The second kappa shape index (κ2) is 13.8. The van der Waals surface area contributed by atoms with Gasteiger partial charge in [0.1, 0.15) is 17.8 Å². The van der Waals surface area contributed by atoms with Crippen LogP contribution in [0.3, 0.4) is 0 Å². The highest BCUT2D eigenvalue weighted by molar-refractivity contribution is 6.30. The van der Waals surface area contributed by atoms with Crippen LogP contribution in [0, 0.1) is 0 Å². The zero-order chi connectivity index (χ0) is 31.1. The van der Waals surface area contributed by atoms with E-state index in [0.29, 0.717) is 57.7 Å². The Kier molecular flexibility index (Phi) is 9.49. The third-order valence-electron chi connectivity index (χ3n) is 6.95. The van der Waals surface area contributed by atoms with Crippen LogP contribution in [0.1, 0.15) is 53.6 Å². The van der Waals surface area contributed by atoms with E-state index in [9.17, 15) is 14.4 Å². The second-order valence-corrected chi connectivity index (χ2v) is 10.3. The van der Waals surface area contributed by atoms with E-state index in [0.717, 1.165) is 19.3 Å². The Morgan fingerprint density at radius 1 is 1.09 bits per heavy atom. The Labute approximate surface area is 257 Å². The monoisotopic (exact) mass is 619 g/mol. The molecule has 4 N–H and O–H groups in total. The van der Waals surface area contributed by atoms with Crippen molar-refractivity contribution < 1.29 is 23.9 Å². The number of benzene rings is 2. The van der Waals surface area contributed by atoms with Gasteiger partial charge in [-0.2, -0.15) is 4.68 Å². The Morgan fingerprint density at radius 3 is 2.73 bits per heavy atom. The highest BCUT2D eigenvalue weighted by atomic mass is 35.5. The van der Waals surface area contributed by atoms with E-state index < -0.39 is 18.1 Å². The smallest absolute Gasteiger partial charge is 0.411 e. The van der Waals surface area contributed by atoms with E-state index in [2.05, 4.69) is 36.5 Å². The molecule has 0 radical (unpaired) electrons. The topological polar surface area (TPSA) is 178 Å². The molecule has 44 heavy (non-hydrogen) atoms. The molecule has 1 atom stereocenters. The molecule has 0 aliphatic carbocycles. The molecule has 5 rings (SSSR count). The van der Waals surface area contributed by atoms with Crippen LogP contribution in [0.15, 0.2) is 48.8 Å². The Hall–Kier alpha value is -5.24. The number of amides is 2. The normalized spacial score (nSPS) is 14.8. The van der Waals surface area contributed by atoms with Gasteiger partial charge in [-0.25, -0.2) is 14.6 Å². The van der Waals surface area contributed by atoms with E-state index in [4.69, 9.17) is 26.1 Å². The maximum absolute atomic E-state index is 13.2. The Morgan fingerprint density at radius 2 is 1.95 bits per heavy atom. The van der Waals surface area contributed by atoms with Gasteiger partial charge in [-0.3, -0.25) is 10.1 Å². The number of carbonyl (C=O) groups excluding carboxylic acids is 3. The van der Waals surface area contributed by atoms with Crippen LogP contribution in [0.5, 0.6) is 0 Å². The van der Waals surface area contributed by atoms with E-state index in [1.807, 2.05) is 0 Å². The van der Waals surface area contributed by atoms with Crippen molar-refractivity contribution in [1.82, 2.24) is 35.5 Å². The number of rotatable bonds is 6. The number of fused-ring (bicyclic) bond motifs is 4. The first-order valence-electron chi connectivity index (χ1n) is 13.8. The van der Waals surface area contributed by atoms with Crippen molar-refractivity contribution in [2.24, 2.45) is 0 Å². The molecule has 228 valence electrons. The first-order valence-corrected chi connectivity index (χ1v) is 14.2. The number of aromatic nitrogens is 6. The number of hydrogen-bond donors (Lipinski definition) is 4. The van der Waals surface area contributed by atoms with Crippen molar-refractivity contribution in [3.63, 3.8) is 0 Å². The minimum Gasteiger partial charge on any atom is -0.464 e. The molecule has 3 heterocycles. The largest absolute Gasteiger partial charge is 0.464 e. The predicted molar refractivity (Wildman–Crippen MR) is 162 cm³/mol. The summed E-state index contributed by atoms with van der Waals surface area (Å²) in [5.41, 5.74) is 3.54. The maximum Gasteiger partial charge on any atom is 0.411 e. The zero-order valence-electron chi connectivity index (χ0n) is 24.0. The average Bonchev–Trinajstić information content (AvgIpc) is 3.71. The van der Waals surface area contributed by atoms with Crippen LogP contribution in [0.2, 0.25) is 5.02 Å². The van der Waals surface area contributed by atoms with Gasteiger partial charge in [-0.15, -0.1) is 5.10 Å². The number of hydrogen-bond acceptors (Lipinski definition) is 10. The van der Waals surface area contributed by atoms with Crippen molar-refractivity contribution in [3.05, 3.63) is 70.9 Å². The van der Waals surface area contributed by atoms with Gasteiger partial charge < -0.3 is 25.1 Å². The first-order chi connectivity index (χ1) is 21.4. The fourth-order valence-electron chi connectivity index (χ4n) is 4.82. The Balaban J connectivity index is 1.47. The van der Waals surface area contributed by atoms with Gasteiger partial charge in [0, 0.05) is 40.1 Å². The fourth-order valence-corrected chi connectivity index (χ4v) is 5.00. The molecule has 14 nitrogen and oxygen atoms in total. The number of aromatic amines is 1. The molecule has 2 aromatic heterocycles. The lowest BCUT2D eigenvalue weighted by molar-refractivity contribution is -0.117. The van der Waals surface area contributed by atoms with Crippen LogP contribution >= 0.6 is 11.6 Å². The number of tetrazole rings is 1. The zero-order valence-corrected chi connectivity index (χ0v) is 24.7. The molecule has 15 heteroatoms. The molecule has 0 saturated heterocycles. The number of carbonyl (C=O) groups is 3. The van der Waals surface area contributed by atoms with Crippen molar-refractivity contribution >= 4 is 47.0 Å². The Bertz CT molecular complexity index is 1690. The molecule has 0 fully saturated rings. The van der Waals surface area contributed by atoms with Crippen LogP contribution < -0.4 is 16.0 Å². The summed E-state index contributed by atoms with van der Waals surface area (Å²) in [5, 5.41) is 20.8. The van der Waals surface area contributed by atoms with Crippen molar-refractivity contribution in [2.45, 2.75) is 31.7 Å². The molecule has 1 unspecified atom stereocenters. The minimum atomic E-state index is -0.614. The number of nitrogens with zero attached hydrogens (tertiary/aromatic N) is 5. The van der Waals surface area contributed by atoms with Gasteiger partial charge in [0.15, 0.2) is 5.69 Å². The number of halogens is 1. The summed E-state index contributed by atoms with van der Waals surface area (Å²) in [5.74, 6) is -0.581. The maximum atomic E-state index is 13.2. The van der Waals surface area contributed by atoms with E-state index >= 15 is 0 Å². The summed E-state index contributed by atoms with van der Waals surface area (Å²) in [4.78, 5) is 45.7. The summed E-state index contributed by atoms with van der Waals surface area (Å²) in [7, 11) is 2.57. The lowest BCUT2D eigenvalue weighted by atomic mass is 10.0. The van der Waals surface area contributed by atoms with Crippen molar-refractivity contribution in [1.29, 1.82) is 0 Å². The molecule has 0 saturated carbocycles. The molecular formula is C29H30ClN9O5. The lowest BCUT2D eigenvalue weighted by Gasteiger charge is -2.17. The molecule has 0 spiro atoms. The number of ether oxygens (including phenoxy) is 2. The quantitative estimate of drug-likeness (QED) is 0.177. The summed E-state index contributed by atoms with van der Waals surface area (Å²) in [6, 6.07) is 9.81. The first kappa shape index (κ1) is 30.2. The number of esters is 1. The van der Waals surface area contributed by atoms with Crippen LogP contribution in [-0.2, 0) is 14.3 Å². The van der Waals surface area contributed by atoms with E-state index in [-0.39, 0.29) is 11.6 Å². The van der Waals surface area contributed by atoms with Gasteiger partial charge in [0.05, 0.1) is 25.9 Å². The molecule has 2 amide bonds. The van der Waals surface area contributed by atoms with Crippen LogP contribution in [-0.4, -0.2) is 68.9 Å². The van der Waals surface area contributed by atoms with Crippen molar-refractivity contribution in [3.8, 4) is 16.9 Å². The highest BCUT2D eigenvalue weighted by Crippen LogP contribution is 2.34. The molecule has 1 aliphatic rings. The molecular weight excluding hydrogens is 590 g/mol. The van der Waals surface area contributed by atoms with Gasteiger partial charge in [0.25, 0.3) is 0 Å². The van der Waals surface area contributed by atoms with Gasteiger partial charge in [-0.1, -0.05) is 24.4 Å². The van der Waals surface area contributed by atoms with Gasteiger partial charge >= 0.3 is 12.1 Å². The third-order valence-corrected chi connectivity index (χ3v) is 7.18. The van der Waals surface area contributed by atoms with Crippen LogP contribution in [0.25, 0.3) is 23.0 Å². The third kappa shape index (κ3) is 7.03. The number of nitrogens with one attached hydrogen (secondary N) is 4.